The van der Waals surface area contributed by atoms with Crippen molar-refractivity contribution in [3.05, 3.63) is 53.7 Å². The summed E-state index contributed by atoms with van der Waals surface area (Å²) in [6, 6.07) is 11.7. The number of nitrogens with zero attached hydrogens (tertiary/aromatic N) is 2. The van der Waals surface area contributed by atoms with Crippen molar-refractivity contribution in [1.29, 1.82) is 0 Å². The maximum atomic E-state index is 13.2. The van der Waals surface area contributed by atoms with E-state index in [2.05, 4.69) is 10.2 Å². The van der Waals surface area contributed by atoms with Crippen LogP contribution in [0.15, 0.2) is 53.6 Å². The fourth-order valence-corrected chi connectivity index (χ4v) is 5.13. The minimum atomic E-state index is -3.75. The molecule has 1 aliphatic rings. The van der Waals surface area contributed by atoms with E-state index in [9.17, 15) is 8.42 Å². The summed E-state index contributed by atoms with van der Waals surface area (Å²) in [6.07, 6.45) is 1.59. The normalized spacial score (nSPS) is 14.7. The summed E-state index contributed by atoms with van der Waals surface area (Å²) in [6.45, 7) is 3.42. The van der Waals surface area contributed by atoms with Gasteiger partial charge in [0.25, 0.3) is 10.0 Å². The SMILES string of the molecule is COc1ccc2c(ccn2S(=O)(=O)c2cccc(Cl)c2)c1N1CCNCC1.Cl. The second-order valence-electron chi connectivity index (χ2n) is 6.36. The molecular formula is C19H21Cl2N3O3S. The summed E-state index contributed by atoms with van der Waals surface area (Å²) in [5.74, 6) is 0.738. The summed E-state index contributed by atoms with van der Waals surface area (Å²) < 4.78 is 33.2. The van der Waals surface area contributed by atoms with Gasteiger partial charge in [-0.05, 0) is 36.4 Å². The van der Waals surface area contributed by atoms with E-state index >= 15 is 0 Å². The average Bonchev–Trinajstić information content (AvgIpc) is 3.12. The molecule has 0 spiro atoms. The van der Waals surface area contributed by atoms with Gasteiger partial charge in [-0.2, -0.15) is 0 Å². The Morgan fingerprint density at radius 2 is 1.86 bits per heavy atom. The maximum Gasteiger partial charge on any atom is 0.268 e. The third kappa shape index (κ3) is 3.55. The van der Waals surface area contributed by atoms with E-state index in [1.165, 1.54) is 10.0 Å². The molecule has 0 radical (unpaired) electrons. The van der Waals surface area contributed by atoms with E-state index in [-0.39, 0.29) is 17.3 Å². The molecule has 0 atom stereocenters. The molecule has 150 valence electrons. The van der Waals surface area contributed by atoms with Gasteiger partial charge in [-0.15, -0.1) is 12.4 Å². The Balaban J connectivity index is 0.00000225. The largest absolute Gasteiger partial charge is 0.495 e. The van der Waals surface area contributed by atoms with Crippen molar-refractivity contribution in [3.8, 4) is 5.75 Å². The van der Waals surface area contributed by atoms with Crippen LogP contribution >= 0.6 is 24.0 Å². The molecule has 1 N–H and O–H groups in total. The molecule has 6 nitrogen and oxygen atoms in total. The molecule has 9 heteroatoms. The number of benzene rings is 2. The summed E-state index contributed by atoms with van der Waals surface area (Å²) in [5.41, 5.74) is 1.54. The van der Waals surface area contributed by atoms with Crippen LogP contribution in [0.2, 0.25) is 5.02 Å². The molecule has 2 heterocycles. The van der Waals surface area contributed by atoms with Crippen LogP contribution in [0.5, 0.6) is 5.75 Å². The Morgan fingerprint density at radius 3 is 2.54 bits per heavy atom. The molecule has 1 fully saturated rings. The molecule has 0 aliphatic carbocycles. The van der Waals surface area contributed by atoms with Crippen molar-refractivity contribution in [3.63, 3.8) is 0 Å². The quantitative estimate of drug-likeness (QED) is 0.672. The first-order chi connectivity index (χ1) is 13.0. The van der Waals surface area contributed by atoms with E-state index in [0.29, 0.717) is 10.5 Å². The molecule has 0 bridgehead atoms. The van der Waals surface area contributed by atoms with Crippen molar-refractivity contribution in [2.45, 2.75) is 4.90 Å². The van der Waals surface area contributed by atoms with Crippen LogP contribution in [0.25, 0.3) is 10.9 Å². The minimum Gasteiger partial charge on any atom is -0.495 e. The number of hydrogen-bond donors (Lipinski definition) is 1. The van der Waals surface area contributed by atoms with Gasteiger partial charge < -0.3 is 15.0 Å². The Hall–Kier alpha value is -1.93. The molecule has 1 saturated heterocycles. The fraction of sp³-hybridized carbons (Fsp3) is 0.263. The Labute approximate surface area is 175 Å². The number of methoxy groups -OCH3 is 1. The number of hydrogen-bond acceptors (Lipinski definition) is 5. The zero-order valence-corrected chi connectivity index (χ0v) is 17.6. The number of piperazine rings is 1. The molecule has 4 rings (SSSR count). The standard InChI is InChI=1S/C19H20ClN3O3S.ClH/c1-26-18-6-5-17-16(19(18)22-11-8-21-9-12-22)7-10-23(17)27(24,25)15-4-2-3-14(20)13-15;/h2-7,10,13,21H,8-9,11-12H2,1H3;1H. The first kappa shape index (κ1) is 20.8. The smallest absolute Gasteiger partial charge is 0.268 e. The molecule has 3 aromatic rings. The minimum absolute atomic E-state index is 0. The van der Waals surface area contributed by atoms with Gasteiger partial charge in [-0.3, -0.25) is 0 Å². The van der Waals surface area contributed by atoms with Crippen molar-refractivity contribution >= 4 is 50.6 Å². The molecular weight excluding hydrogens is 421 g/mol. The van der Waals surface area contributed by atoms with E-state index in [4.69, 9.17) is 16.3 Å². The van der Waals surface area contributed by atoms with E-state index in [0.717, 1.165) is 43.0 Å². The number of halogens is 2. The van der Waals surface area contributed by atoms with E-state index < -0.39 is 10.0 Å². The van der Waals surface area contributed by atoms with Crippen LogP contribution in [0.4, 0.5) is 5.69 Å². The number of ether oxygens (including phenoxy) is 1. The fourth-order valence-electron chi connectivity index (χ4n) is 3.49. The summed E-state index contributed by atoms with van der Waals surface area (Å²) in [4.78, 5) is 2.39. The molecule has 0 saturated carbocycles. The van der Waals surface area contributed by atoms with Crippen molar-refractivity contribution in [1.82, 2.24) is 9.29 Å². The number of nitrogens with one attached hydrogen (secondary N) is 1. The highest BCUT2D eigenvalue weighted by atomic mass is 35.5. The van der Waals surface area contributed by atoms with Crippen molar-refractivity contribution in [2.75, 3.05) is 38.2 Å². The monoisotopic (exact) mass is 441 g/mol. The second-order valence-corrected chi connectivity index (χ2v) is 8.61. The van der Waals surface area contributed by atoms with Crippen LogP contribution < -0.4 is 15.0 Å². The van der Waals surface area contributed by atoms with Gasteiger partial charge >= 0.3 is 0 Å². The summed E-state index contributed by atoms with van der Waals surface area (Å²) in [5, 5.41) is 4.56. The zero-order chi connectivity index (χ0) is 19.0. The first-order valence-electron chi connectivity index (χ1n) is 8.67. The second kappa shape index (κ2) is 8.21. The van der Waals surface area contributed by atoms with Crippen LogP contribution in [0.1, 0.15) is 0 Å². The van der Waals surface area contributed by atoms with Gasteiger partial charge in [0.05, 0.1) is 23.2 Å². The highest BCUT2D eigenvalue weighted by molar-refractivity contribution is 7.90. The summed E-state index contributed by atoms with van der Waals surface area (Å²) in [7, 11) is -2.12. The van der Waals surface area contributed by atoms with Crippen LogP contribution in [-0.4, -0.2) is 45.7 Å². The van der Waals surface area contributed by atoms with Crippen LogP contribution in [-0.2, 0) is 10.0 Å². The Bertz CT molecular complexity index is 1090. The lowest BCUT2D eigenvalue weighted by atomic mass is 10.1. The van der Waals surface area contributed by atoms with Crippen molar-refractivity contribution < 1.29 is 13.2 Å². The predicted molar refractivity (Wildman–Crippen MR) is 115 cm³/mol. The van der Waals surface area contributed by atoms with Gasteiger partial charge in [0.15, 0.2) is 0 Å². The van der Waals surface area contributed by atoms with Gasteiger partial charge in [0, 0.05) is 42.8 Å². The number of anilines is 1. The van der Waals surface area contributed by atoms with Crippen LogP contribution in [0, 0.1) is 0 Å². The molecule has 1 aromatic heterocycles. The highest BCUT2D eigenvalue weighted by Gasteiger charge is 2.24. The summed E-state index contributed by atoms with van der Waals surface area (Å²) >= 11 is 5.99. The number of aromatic nitrogens is 1. The van der Waals surface area contributed by atoms with E-state index in [1.54, 1.807) is 37.6 Å². The van der Waals surface area contributed by atoms with Gasteiger partial charge in [-0.1, -0.05) is 17.7 Å². The molecule has 2 aromatic carbocycles. The molecule has 28 heavy (non-hydrogen) atoms. The van der Waals surface area contributed by atoms with Gasteiger partial charge in [0.1, 0.15) is 5.75 Å². The van der Waals surface area contributed by atoms with Gasteiger partial charge in [-0.25, -0.2) is 12.4 Å². The number of fused-ring (bicyclic) bond motifs is 1. The first-order valence-corrected chi connectivity index (χ1v) is 10.5. The zero-order valence-electron chi connectivity index (χ0n) is 15.3. The molecule has 0 amide bonds. The third-order valence-corrected chi connectivity index (χ3v) is 6.70. The molecule has 1 aliphatic heterocycles. The topological polar surface area (TPSA) is 63.6 Å². The lowest BCUT2D eigenvalue weighted by molar-refractivity contribution is 0.413. The lowest BCUT2D eigenvalue weighted by Crippen LogP contribution is -2.43. The highest BCUT2D eigenvalue weighted by Crippen LogP contribution is 2.38. The predicted octanol–water partition coefficient (Wildman–Crippen LogP) is 3.37. The van der Waals surface area contributed by atoms with Crippen molar-refractivity contribution in [2.24, 2.45) is 0 Å². The number of rotatable bonds is 4. The molecule has 0 unspecified atom stereocenters. The van der Waals surface area contributed by atoms with Crippen LogP contribution in [0.3, 0.4) is 0 Å². The average molecular weight is 442 g/mol. The Kier molecular flexibility index (Phi) is 6.09. The lowest BCUT2D eigenvalue weighted by Gasteiger charge is -2.31. The maximum absolute atomic E-state index is 13.2. The Morgan fingerprint density at radius 1 is 1.11 bits per heavy atom. The van der Waals surface area contributed by atoms with Gasteiger partial charge in [0.2, 0.25) is 0 Å². The van der Waals surface area contributed by atoms with E-state index in [1.807, 2.05) is 12.1 Å². The third-order valence-electron chi connectivity index (χ3n) is 4.78.